The molecule has 0 saturated heterocycles. The molecule has 1 atom stereocenters. The summed E-state index contributed by atoms with van der Waals surface area (Å²) in [5, 5.41) is 2.71. The van der Waals surface area contributed by atoms with Gasteiger partial charge in [-0.3, -0.25) is 4.79 Å². The van der Waals surface area contributed by atoms with Crippen molar-refractivity contribution >= 4 is 23.8 Å². The van der Waals surface area contributed by atoms with Gasteiger partial charge in [0.25, 0.3) is 0 Å². The van der Waals surface area contributed by atoms with Gasteiger partial charge in [0, 0.05) is 19.5 Å². The van der Waals surface area contributed by atoms with Crippen molar-refractivity contribution in [2.24, 2.45) is 0 Å². The summed E-state index contributed by atoms with van der Waals surface area (Å²) in [5.41, 5.74) is 2.22. The van der Waals surface area contributed by atoms with Crippen molar-refractivity contribution in [3.8, 4) is 0 Å². The van der Waals surface area contributed by atoms with Crippen molar-refractivity contribution in [3.63, 3.8) is 0 Å². The minimum atomic E-state index is -3.27. The van der Waals surface area contributed by atoms with E-state index < -0.39 is 16.0 Å². The lowest BCUT2D eigenvalue weighted by atomic mass is 9.89. The van der Waals surface area contributed by atoms with Gasteiger partial charge in [-0.2, -0.15) is 0 Å². The molecule has 1 aromatic rings. The van der Waals surface area contributed by atoms with E-state index in [1.54, 1.807) is 13.8 Å². The van der Waals surface area contributed by atoms with Crippen LogP contribution in [0.1, 0.15) is 31.4 Å². The van der Waals surface area contributed by atoms with Gasteiger partial charge in [-0.25, -0.2) is 12.7 Å². The number of amides is 1. The minimum Gasteiger partial charge on any atom is -0.362 e. The second-order valence-corrected chi connectivity index (χ2v) is 7.76. The van der Waals surface area contributed by atoms with Crippen molar-refractivity contribution in [2.75, 3.05) is 18.8 Å². The Morgan fingerprint density at radius 1 is 1.26 bits per heavy atom. The molecule has 0 aliphatic carbocycles. The van der Waals surface area contributed by atoms with E-state index in [4.69, 9.17) is 7.85 Å². The fourth-order valence-electron chi connectivity index (χ4n) is 2.21. The lowest BCUT2D eigenvalue weighted by molar-refractivity contribution is -0.121. The molecule has 0 spiro atoms. The lowest BCUT2D eigenvalue weighted by Gasteiger charge is -2.20. The van der Waals surface area contributed by atoms with Crippen LogP contribution >= 0.6 is 0 Å². The van der Waals surface area contributed by atoms with Crippen LogP contribution in [0.4, 0.5) is 0 Å². The topological polar surface area (TPSA) is 66.5 Å². The molecule has 0 aromatic heterocycles. The maximum Gasteiger partial charge on any atom is 0.220 e. The smallest absolute Gasteiger partial charge is 0.220 e. The number of rotatable bonds is 9. The van der Waals surface area contributed by atoms with Crippen LogP contribution in [0, 0.1) is 6.92 Å². The van der Waals surface area contributed by atoms with E-state index in [2.05, 4.69) is 5.32 Å². The van der Waals surface area contributed by atoms with Crippen molar-refractivity contribution in [1.82, 2.24) is 9.62 Å². The van der Waals surface area contributed by atoms with E-state index in [1.807, 2.05) is 31.2 Å². The number of hydrogen-bond acceptors (Lipinski definition) is 3. The predicted molar refractivity (Wildman–Crippen MR) is 93.9 cm³/mol. The van der Waals surface area contributed by atoms with Crippen molar-refractivity contribution < 1.29 is 13.2 Å². The zero-order valence-electron chi connectivity index (χ0n) is 14.1. The third kappa shape index (κ3) is 6.75. The van der Waals surface area contributed by atoms with Crippen LogP contribution in [0.5, 0.6) is 0 Å². The molecule has 0 unspecified atom stereocenters. The molecule has 0 heterocycles. The number of aryl methyl sites for hydroxylation is 1. The van der Waals surface area contributed by atoms with Crippen LogP contribution in [-0.2, 0) is 21.2 Å². The standard InChI is InChI=1S/C16H25BN2O3S/c1-4-19(23(21,22)5-2)11-10-16(20)18-15(17)12-14-8-6-13(3)7-9-14/h6-9,15H,4-5,10-12H2,1-3H3,(H,18,20)/t15-/m0/s1. The van der Waals surface area contributed by atoms with E-state index in [1.165, 1.54) is 9.87 Å². The van der Waals surface area contributed by atoms with E-state index in [0.29, 0.717) is 13.0 Å². The Hall–Kier alpha value is -1.34. The SMILES string of the molecule is [B][C@H](Cc1ccc(C)cc1)NC(=O)CCN(CC)S(=O)(=O)CC. The van der Waals surface area contributed by atoms with Gasteiger partial charge in [-0.15, -0.1) is 0 Å². The summed E-state index contributed by atoms with van der Waals surface area (Å²) in [4.78, 5) is 11.9. The molecule has 0 aliphatic rings. The summed E-state index contributed by atoms with van der Waals surface area (Å²) in [6.07, 6.45) is 0.644. The van der Waals surface area contributed by atoms with Crippen LogP contribution in [-0.4, -0.2) is 51.3 Å². The highest BCUT2D eigenvalue weighted by Gasteiger charge is 2.19. The first-order valence-corrected chi connectivity index (χ1v) is 9.47. The second kappa shape index (κ2) is 9.08. The van der Waals surface area contributed by atoms with Gasteiger partial charge < -0.3 is 5.32 Å². The Balaban J connectivity index is 2.45. The first-order valence-electron chi connectivity index (χ1n) is 7.86. The van der Waals surface area contributed by atoms with Gasteiger partial charge in [0.15, 0.2) is 0 Å². The molecule has 2 radical (unpaired) electrons. The number of carbonyl (C=O) groups excluding carboxylic acids is 1. The predicted octanol–water partition coefficient (Wildman–Crippen LogP) is 1.21. The molecule has 126 valence electrons. The van der Waals surface area contributed by atoms with Gasteiger partial charge in [0.2, 0.25) is 15.9 Å². The van der Waals surface area contributed by atoms with E-state index >= 15 is 0 Å². The zero-order valence-corrected chi connectivity index (χ0v) is 14.9. The van der Waals surface area contributed by atoms with Crippen molar-refractivity contribution in [2.45, 2.75) is 39.6 Å². The molecule has 7 heteroatoms. The molecule has 0 fully saturated rings. The molecule has 1 rings (SSSR count). The van der Waals surface area contributed by atoms with Crippen LogP contribution in [0.3, 0.4) is 0 Å². The van der Waals surface area contributed by atoms with Crippen molar-refractivity contribution in [1.29, 1.82) is 0 Å². The van der Waals surface area contributed by atoms with E-state index in [9.17, 15) is 13.2 Å². The zero-order chi connectivity index (χ0) is 17.5. The Morgan fingerprint density at radius 2 is 1.87 bits per heavy atom. The Labute approximate surface area is 140 Å². The molecule has 0 bridgehead atoms. The van der Waals surface area contributed by atoms with Crippen LogP contribution < -0.4 is 5.32 Å². The summed E-state index contributed by atoms with van der Waals surface area (Å²) in [5.74, 6) is -0.688. The van der Waals surface area contributed by atoms with Crippen LogP contribution in [0.25, 0.3) is 0 Å². The normalized spacial score (nSPS) is 13.0. The third-order valence-electron chi connectivity index (χ3n) is 3.62. The van der Waals surface area contributed by atoms with E-state index in [0.717, 1.165) is 5.56 Å². The molecule has 1 aromatic carbocycles. The number of nitrogens with zero attached hydrogens (tertiary/aromatic N) is 1. The summed E-state index contributed by atoms with van der Waals surface area (Å²) < 4.78 is 24.9. The fourth-order valence-corrected chi connectivity index (χ4v) is 3.34. The Bertz CT molecular complexity index is 602. The van der Waals surface area contributed by atoms with E-state index in [-0.39, 0.29) is 24.6 Å². The third-order valence-corrected chi connectivity index (χ3v) is 5.58. The molecule has 1 N–H and O–H groups in total. The van der Waals surface area contributed by atoms with Gasteiger partial charge >= 0.3 is 0 Å². The van der Waals surface area contributed by atoms with Gasteiger partial charge in [-0.1, -0.05) is 36.8 Å². The average Bonchev–Trinajstić information content (AvgIpc) is 2.49. The summed E-state index contributed by atoms with van der Waals surface area (Å²) in [6.45, 7) is 5.90. The Morgan fingerprint density at radius 3 is 2.39 bits per heavy atom. The Kier molecular flexibility index (Phi) is 7.78. The number of nitrogens with one attached hydrogen (secondary N) is 1. The quantitative estimate of drug-likeness (QED) is 0.690. The first kappa shape index (κ1) is 19.7. The summed E-state index contributed by atoms with van der Waals surface area (Å²) in [7, 11) is 2.67. The van der Waals surface area contributed by atoms with Crippen LogP contribution in [0.15, 0.2) is 24.3 Å². The molecule has 0 aliphatic heterocycles. The molecular formula is C16H25BN2O3S. The van der Waals surface area contributed by atoms with Crippen molar-refractivity contribution in [3.05, 3.63) is 35.4 Å². The summed E-state index contributed by atoms with van der Waals surface area (Å²) in [6, 6.07) is 7.96. The average molecular weight is 336 g/mol. The van der Waals surface area contributed by atoms with Gasteiger partial charge in [0.1, 0.15) is 0 Å². The molecule has 0 saturated carbocycles. The lowest BCUT2D eigenvalue weighted by Crippen LogP contribution is -2.40. The van der Waals surface area contributed by atoms with Gasteiger partial charge in [-0.05, 0) is 31.8 Å². The fraction of sp³-hybridized carbons (Fsp3) is 0.562. The maximum absolute atomic E-state index is 11.9. The van der Waals surface area contributed by atoms with Gasteiger partial charge in [0.05, 0.1) is 13.6 Å². The number of sulfonamides is 1. The number of hydrogen-bond donors (Lipinski definition) is 1. The first-order chi connectivity index (χ1) is 10.8. The number of benzene rings is 1. The highest BCUT2D eigenvalue weighted by molar-refractivity contribution is 7.89. The molecular weight excluding hydrogens is 311 g/mol. The monoisotopic (exact) mass is 336 g/mol. The molecule has 23 heavy (non-hydrogen) atoms. The summed E-state index contributed by atoms with van der Waals surface area (Å²) >= 11 is 0. The van der Waals surface area contributed by atoms with Crippen LogP contribution in [0.2, 0.25) is 0 Å². The highest BCUT2D eigenvalue weighted by atomic mass is 32.2. The highest BCUT2D eigenvalue weighted by Crippen LogP contribution is 2.06. The largest absolute Gasteiger partial charge is 0.362 e. The molecule has 5 nitrogen and oxygen atoms in total. The maximum atomic E-state index is 11.9. The minimum absolute atomic E-state index is 0.0371. The number of carbonyl (C=O) groups is 1. The molecule has 1 amide bonds. The second-order valence-electron chi connectivity index (χ2n) is 5.51.